The van der Waals surface area contributed by atoms with E-state index in [0.717, 1.165) is 22.1 Å². The summed E-state index contributed by atoms with van der Waals surface area (Å²) in [6.07, 6.45) is 3.03. The van der Waals surface area contributed by atoms with Crippen LogP contribution in [-0.4, -0.2) is 48.4 Å². The molecule has 1 amide bonds. The second-order valence-electron chi connectivity index (χ2n) is 8.97. The van der Waals surface area contributed by atoms with Gasteiger partial charge >= 0.3 is 6.09 Å². The lowest BCUT2D eigenvalue weighted by Crippen LogP contribution is -2.32. The maximum Gasteiger partial charge on any atom is 0.407 e. The lowest BCUT2D eigenvalue weighted by Gasteiger charge is -2.16. The van der Waals surface area contributed by atoms with E-state index < -0.39 is 6.09 Å². The van der Waals surface area contributed by atoms with Gasteiger partial charge in [-0.3, -0.25) is 4.68 Å². The fourth-order valence-corrected chi connectivity index (χ4v) is 4.85. The molecule has 8 nitrogen and oxygen atoms in total. The van der Waals surface area contributed by atoms with Gasteiger partial charge in [-0.2, -0.15) is 5.10 Å². The normalized spacial score (nSPS) is 17.7. The van der Waals surface area contributed by atoms with Crippen LogP contribution < -0.4 is 0 Å². The molecule has 0 aliphatic carbocycles. The zero-order chi connectivity index (χ0) is 24.8. The van der Waals surface area contributed by atoms with Crippen LogP contribution in [0.1, 0.15) is 19.4 Å². The van der Waals surface area contributed by atoms with E-state index in [4.69, 9.17) is 9.52 Å². The SMILES string of the molecule is C[C@@H]1C[C@H](n2cc(-c3ncnc4oc(-c5ccccc5)cc34)c(-c3ccc(F)cc3)n2)CN1C(=O)O. The molecule has 4 heterocycles. The molecule has 2 atom stereocenters. The summed E-state index contributed by atoms with van der Waals surface area (Å²) in [6, 6.07) is 17.5. The molecule has 0 spiro atoms. The van der Waals surface area contributed by atoms with Crippen LogP contribution in [-0.2, 0) is 0 Å². The minimum absolute atomic E-state index is 0.123. The van der Waals surface area contributed by atoms with Crippen LogP contribution in [0.2, 0.25) is 0 Å². The van der Waals surface area contributed by atoms with Gasteiger partial charge in [-0.25, -0.2) is 19.2 Å². The monoisotopic (exact) mass is 483 g/mol. The number of carbonyl (C=O) groups is 1. The summed E-state index contributed by atoms with van der Waals surface area (Å²) in [6.45, 7) is 2.23. The number of hydrogen-bond donors (Lipinski definition) is 1. The van der Waals surface area contributed by atoms with E-state index in [1.165, 1.54) is 23.4 Å². The summed E-state index contributed by atoms with van der Waals surface area (Å²) in [7, 11) is 0. The fourth-order valence-electron chi connectivity index (χ4n) is 4.85. The van der Waals surface area contributed by atoms with Crippen molar-refractivity contribution in [2.45, 2.75) is 25.4 Å². The first-order valence-corrected chi connectivity index (χ1v) is 11.6. The molecule has 3 aromatic heterocycles. The summed E-state index contributed by atoms with van der Waals surface area (Å²) in [4.78, 5) is 22.0. The van der Waals surface area contributed by atoms with Crippen molar-refractivity contribution in [2.24, 2.45) is 0 Å². The first kappa shape index (κ1) is 22.0. The number of furan rings is 1. The minimum Gasteiger partial charge on any atom is -0.465 e. The Bertz CT molecular complexity index is 1560. The highest BCUT2D eigenvalue weighted by atomic mass is 19.1. The van der Waals surface area contributed by atoms with Crippen LogP contribution in [0.3, 0.4) is 0 Å². The maximum atomic E-state index is 13.7. The van der Waals surface area contributed by atoms with Gasteiger partial charge in [-0.05, 0) is 43.7 Å². The molecule has 0 saturated carbocycles. The summed E-state index contributed by atoms with van der Waals surface area (Å²) in [5, 5.41) is 15.1. The molecular weight excluding hydrogens is 461 g/mol. The van der Waals surface area contributed by atoms with Gasteiger partial charge in [0.2, 0.25) is 5.71 Å². The molecule has 1 aliphatic heterocycles. The van der Waals surface area contributed by atoms with Crippen molar-refractivity contribution in [3.8, 4) is 33.8 Å². The molecule has 0 radical (unpaired) electrons. The Morgan fingerprint density at radius 3 is 2.56 bits per heavy atom. The average Bonchev–Trinajstić information content (AvgIpc) is 3.61. The molecular formula is C27H22FN5O3. The molecule has 5 aromatic rings. The van der Waals surface area contributed by atoms with Crippen molar-refractivity contribution in [3.05, 3.63) is 79.0 Å². The number of nitrogens with zero attached hydrogens (tertiary/aromatic N) is 5. The number of rotatable bonds is 4. The van der Waals surface area contributed by atoms with Gasteiger partial charge in [0.15, 0.2) is 0 Å². The molecule has 0 bridgehead atoms. The molecule has 180 valence electrons. The van der Waals surface area contributed by atoms with Crippen LogP contribution in [0.4, 0.5) is 9.18 Å². The summed E-state index contributed by atoms with van der Waals surface area (Å²) >= 11 is 0. The lowest BCUT2D eigenvalue weighted by atomic mass is 10.0. The third kappa shape index (κ3) is 3.78. The highest BCUT2D eigenvalue weighted by Gasteiger charge is 2.34. The number of amides is 1. The first-order chi connectivity index (χ1) is 17.5. The van der Waals surface area contributed by atoms with Crippen molar-refractivity contribution >= 4 is 17.2 Å². The number of likely N-dealkylation sites (tertiary alicyclic amines) is 1. The van der Waals surface area contributed by atoms with Crippen molar-refractivity contribution in [1.82, 2.24) is 24.6 Å². The Morgan fingerprint density at radius 1 is 1.06 bits per heavy atom. The summed E-state index contributed by atoms with van der Waals surface area (Å²) in [5.74, 6) is 0.331. The largest absolute Gasteiger partial charge is 0.465 e. The number of hydrogen-bond acceptors (Lipinski definition) is 5. The van der Waals surface area contributed by atoms with Gasteiger partial charge in [0.25, 0.3) is 0 Å². The molecule has 9 heteroatoms. The Labute approximate surface area is 205 Å². The van der Waals surface area contributed by atoms with Gasteiger partial charge in [-0.15, -0.1) is 0 Å². The first-order valence-electron chi connectivity index (χ1n) is 11.6. The average molecular weight is 484 g/mol. The van der Waals surface area contributed by atoms with E-state index >= 15 is 0 Å². The number of halogens is 1. The smallest absolute Gasteiger partial charge is 0.407 e. The molecule has 1 saturated heterocycles. The standard InChI is InChI=1S/C27H22FN5O3/c1-16-11-20(13-32(16)27(34)35)33-14-22(24(31-33)18-7-9-19(28)10-8-18)25-21-12-23(17-5-3-2-4-6-17)36-26(21)30-15-29-25/h2-10,12,14-16,20H,11,13H2,1H3,(H,34,35)/t16-,20+/m1/s1. The Morgan fingerprint density at radius 2 is 1.83 bits per heavy atom. The Kier molecular flexibility index (Phi) is 5.25. The van der Waals surface area contributed by atoms with E-state index in [0.29, 0.717) is 35.8 Å². The predicted molar refractivity (Wildman–Crippen MR) is 132 cm³/mol. The van der Waals surface area contributed by atoms with E-state index in [1.807, 2.05) is 49.5 Å². The maximum absolute atomic E-state index is 13.7. The molecule has 2 aromatic carbocycles. The molecule has 36 heavy (non-hydrogen) atoms. The topological polar surface area (TPSA) is 97.3 Å². The Hall–Kier alpha value is -4.53. The molecule has 6 rings (SSSR count). The van der Waals surface area contributed by atoms with Gasteiger partial charge in [0.1, 0.15) is 23.6 Å². The van der Waals surface area contributed by atoms with Crippen LogP contribution in [0.25, 0.3) is 44.9 Å². The van der Waals surface area contributed by atoms with Gasteiger partial charge < -0.3 is 14.4 Å². The third-order valence-electron chi connectivity index (χ3n) is 6.66. The zero-order valence-corrected chi connectivity index (χ0v) is 19.4. The van der Waals surface area contributed by atoms with E-state index in [-0.39, 0.29) is 17.9 Å². The minimum atomic E-state index is -0.944. The molecule has 1 N–H and O–H groups in total. The molecule has 1 fully saturated rings. The van der Waals surface area contributed by atoms with Gasteiger partial charge in [-0.1, -0.05) is 30.3 Å². The molecule has 0 unspecified atom stereocenters. The Balaban J connectivity index is 1.50. The van der Waals surface area contributed by atoms with Gasteiger partial charge in [0.05, 0.1) is 17.1 Å². The number of fused-ring (bicyclic) bond motifs is 1. The number of aromatic nitrogens is 4. The second kappa shape index (κ2) is 8.60. The number of carboxylic acid groups (broad SMARTS) is 1. The third-order valence-corrected chi connectivity index (χ3v) is 6.66. The lowest BCUT2D eigenvalue weighted by molar-refractivity contribution is 0.142. The second-order valence-corrected chi connectivity index (χ2v) is 8.97. The van der Waals surface area contributed by atoms with Gasteiger partial charge in [0, 0.05) is 35.5 Å². The molecule has 1 aliphatic rings. The van der Waals surface area contributed by atoms with Crippen molar-refractivity contribution < 1.29 is 18.7 Å². The van der Waals surface area contributed by atoms with Crippen LogP contribution in [0.5, 0.6) is 0 Å². The van der Waals surface area contributed by atoms with Crippen molar-refractivity contribution in [2.75, 3.05) is 6.54 Å². The van der Waals surface area contributed by atoms with Crippen LogP contribution in [0.15, 0.2) is 77.6 Å². The summed E-state index contributed by atoms with van der Waals surface area (Å²) < 4.78 is 21.5. The van der Waals surface area contributed by atoms with Crippen molar-refractivity contribution in [3.63, 3.8) is 0 Å². The highest BCUT2D eigenvalue weighted by Crippen LogP contribution is 2.38. The zero-order valence-electron chi connectivity index (χ0n) is 19.4. The fraction of sp³-hybridized carbons (Fsp3) is 0.185. The highest BCUT2D eigenvalue weighted by molar-refractivity contribution is 5.95. The van der Waals surface area contributed by atoms with Crippen LogP contribution >= 0.6 is 0 Å². The summed E-state index contributed by atoms with van der Waals surface area (Å²) in [5.41, 5.74) is 4.09. The van der Waals surface area contributed by atoms with Crippen molar-refractivity contribution in [1.29, 1.82) is 0 Å². The number of benzene rings is 2. The van der Waals surface area contributed by atoms with E-state index in [9.17, 15) is 14.3 Å². The van der Waals surface area contributed by atoms with Crippen LogP contribution in [0, 0.1) is 5.82 Å². The van der Waals surface area contributed by atoms with E-state index in [1.54, 1.807) is 16.8 Å². The quantitative estimate of drug-likeness (QED) is 0.343. The predicted octanol–water partition coefficient (Wildman–Crippen LogP) is 5.87. The van der Waals surface area contributed by atoms with E-state index in [2.05, 4.69) is 9.97 Å².